The Balaban J connectivity index is 2.13. The monoisotopic (exact) mass is 312 g/mol. The standard InChI is InChI=1S/C13H10F2N2O3S/c1-6-4-8(12(18)19)11(21-6)17-13(20)16-10-3-2-7(14)5-9(10)15/h2-5H,1H3,(H,18,19)(H2,16,17,20). The molecule has 0 spiro atoms. The summed E-state index contributed by atoms with van der Waals surface area (Å²) in [5.41, 5.74) is -0.258. The summed E-state index contributed by atoms with van der Waals surface area (Å²) in [6.45, 7) is 1.69. The molecule has 1 aromatic heterocycles. The molecule has 0 unspecified atom stereocenters. The van der Waals surface area contributed by atoms with Crippen LogP contribution in [0.5, 0.6) is 0 Å². The zero-order chi connectivity index (χ0) is 15.6. The molecule has 3 N–H and O–H groups in total. The number of hydrogen-bond acceptors (Lipinski definition) is 3. The fraction of sp³-hybridized carbons (Fsp3) is 0.0769. The molecule has 1 aromatic carbocycles. The number of carboxylic acid groups (broad SMARTS) is 1. The van der Waals surface area contributed by atoms with Gasteiger partial charge in [0.15, 0.2) is 0 Å². The first kappa shape index (κ1) is 14.9. The van der Waals surface area contributed by atoms with Gasteiger partial charge in [-0.15, -0.1) is 11.3 Å². The van der Waals surface area contributed by atoms with E-state index in [2.05, 4.69) is 10.6 Å². The minimum Gasteiger partial charge on any atom is -0.478 e. The highest BCUT2D eigenvalue weighted by molar-refractivity contribution is 7.16. The third-order valence-corrected chi connectivity index (χ3v) is 3.46. The van der Waals surface area contributed by atoms with Gasteiger partial charge in [0.1, 0.15) is 16.6 Å². The number of thiophene rings is 1. The summed E-state index contributed by atoms with van der Waals surface area (Å²) in [6.07, 6.45) is 0. The molecule has 8 heteroatoms. The van der Waals surface area contributed by atoms with Crippen LogP contribution in [0.4, 0.5) is 24.3 Å². The highest BCUT2D eigenvalue weighted by Crippen LogP contribution is 2.27. The Morgan fingerprint density at radius 2 is 1.90 bits per heavy atom. The van der Waals surface area contributed by atoms with Crippen LogP contribution in [0.25, 0.3) is 0 Å². The van der Waals surface area contributed by atoms with Crippen LogP contribution in [0.15, 0.2) is 24.3 Å². The number of nitrogens with one attached hydrogen (secondary N) is 2. The zero-order valence-corrected chi connectivity index (χ0v) is 11.6. The summed E-state index contributed by atoms with van der Waals surface area (Å²) in [5, 5.41) is 13.6. The van der Waals surface area contributed by atoms with Crippen LogP contribution in [-0.2, 0) is 0 Å². The van der Waals surface area contributed by atoms with Gasteiger partial charge >= 0.3 is 12.0 Å². The molecule has 0 aliphatic rings. The smallest absolute Gasteiger partial charge is 0.338 e. The quantitative estimate of drug-likeness (QED) is 0.809. The van der Waals surface area contributed by atoms with Crippen molar-refractivity contribution in [2.75, 3.05) is 10.6 Å². The normalized spacial score (nSPS) is 10.2. The number of halogens is 2. The Bertz CT molecular complexity index is 715. The number of anilines is 2. The number of benzene rings is 1. The molecular formula is C13H10F2N2O3S. The lowest BCUT2D eigenvalue weighted by atomic mass is 10.3. The summed E-state index contributed by atoms with van der Waals surface area (Å²) < 4.78 is 26.1. The minimum atomic E-state index is -1.18. The maximum Gasteiger partial charge on any atom is 0.338 e. The van der Waals surface area contributed by atoms with Crippen LogP contribution in [0, 0.1) is 18.6 Å². The van der Waals surface area contributed by atoms with Gasteiger partial charge in [-0.05, 0) is 25.1 Å². The number of rotatable bonds is 3. The lowest BCUT2D eigenvalue weighted by molar-refractivity contribution is 0.0698. The van der Waals surface area contributed by atoms with Crippen molar-refractivity contribution in [1.29, 1.82) is 0 Å². The van der Waals surface area contributed by atoms with E-state index in [0.717, 1.165) is 23.5 Å². The minimum absolute atomic E-state index is 0.0489. The fourth-order valence-electron chi connectivity index (χ4n) is 1.61. The number of hydrogen-bond donors (Lipinski definition) is 3. The van der Waals surface area contributed by atoms with Crippen molar-refractivity contribution in [2.45, 2.75) is 6.92 Å². The summed E-state index contributed by atoms with van der Waals surface area (Å²) in [6, 6.07) is 3.30. The molecule has 0 saturated carbocycles. The SMILES string of the molecule is Cc1cc(C(=O)O)c(NC(=O)Nc2ccc(F)cc2F)s1. The number of amides is 2. The number of carboxylic acids is 1. The molecule has 2 amide bonds. The van der Waals surface area contributed by atoms with Crippen LogP contribution in [0.1, 0.15) is 15.2 Å². The van der Waals surface area contributed by atoms with Crippen molar-refractivity contribution in [3.8, 4) is 0 Å². The second-order valence-corrected chi connectivity index (χ2v) is 5.36. The maximum atomic E-state index is 13.4. The van der Waals surface area contributed by atoms with Gasteiger partial charge in [-0.1, -0.05) is 0 Å². The molecule has 0 bridgehead atoms. The van der Waals surface area contributed by atoms with E-state index < -0.39 is 23.6 Å². The van der Waals surface area contributed by atoms with Gasteiger partial charge in [-0.25, -0.2) is 18.4 Å². The Morgan fingerprint density at radius 3 is 2.52 bits per heavy atom. The van der Waals surface area contributed by atoms with Crippen molar-refractivity contribution >= 4 is 34.0 Å². The second-order valence-electron chi connectivity index (χ2n) is 4.11. The summed E-state index contributed by atoms with van der Waals surface area (Å²) in [4.78, 5) is 23.4. The van der Waals surface area contributed by atoms with Gasteiger partial charge in [0.2, 0.25) is 0 Å². The summed E-state index contributed by atoms with van der Waals surface area (Å²) in [5.74, 6) is -2.87. The average Bonchev–Trinajstić information content (AvgIpc) is 2.74. The topological polar surface area (TPSA) is 78.4 Å². The van der Waals surface area contributed by atoms with E-state index in [-0.39, 0.29) is 16.3 Å². The molecule has 0 saturated heterocycles. The van der Waals surface area contributed by atoms with Gasteiger partial charge in [-0.2, -0.15) is 0 Å². The van der Waals surface area contributed by atoms with Crippen molar-refractivity contribution in [3.63, 3.8) is 0 Å². The van der Waals surface area contributed by atoms with E-state index >= 15 is 0 Å². The molecule has 21 heavy (non-hydrogen) atoms. The summed E-state index contributed by atoms with van der Waals surface area (Å²) >= 11 is 1.08. The Hall–Kier alpha value is -2.48. The summed E-state index contributed by atoms with van der Waals surface area (Å²) in [7, 11) is 0. The van der Waals surface area contributed by atoms with Gasteiger partial charge in [0.05, 0.1) is 11.3 Å². The van der Waals surface area contributed by atoms with Crippen molar-refractivity contribution < 1.29 is 23.5 Å². The zero-order valence-electron chi connectivity index (χ0n) is 10.7. The number of aryl methyl sites for hydroxylation is 1. The molecule has 0 radical (unpaired) electrons. The van der Waals surface area contributed by atoms with Crippen LogP contribution >= 0.6 is 11.3 Å². The second kappa shape index (κ2) is 5.88. The average molecular weight is 312 g/mol. The van der Waals surface area contributed by atoms with Crippen LogP contribution < -0.4 is 10.6 Å². The number of urea groups is 1. The van der Waals surface area contributed by atoms with E-state index in [4.69, 9.17) is 5.11 Å². The third kappa shape index (κ3) is 3.54. The van der Waals surface area contributed by atoms with E-state index in [0.29, 0.717) is 10.9 Å². The molecule has 1 heterocycles. The Kier molecular flexibility index (Phi) is 4.18. The van der Waals surface area contributed by atoms with E-state index in [1.807, 2.05) is 0 Å². The van der Waals surface area contributed by atoms with E-state index in [9.17, 15) is 18.4 Å². The van der Waals surface area contributed by atoms with Crippen LogP contribution in [-0.4, -0.2) is 17.1 Å². The van der Waals surface area contributed by atoms with E-state index in [1.165, 1.54) is 6.07 Å². The molecule has 110 valence electrons. The largest absolute Gasteiger partial charge is 0.478 e. The van der Waals surface area contributed by atoms with Crippen LogP contribution in [0.3, 0.4) is 0 Å². The third-order valence-electron chi connectivity index (χ3n) is 2.49. The lowest BCUT2D eigenvalue weighted by Crippen LogP contribution is -2.20. The van der Waals surface area contributed by atoms with E-state index in [1.54, 1.807) is 6.92 Å². The molecule has 5 nitrogen and oxygen atoms in total. The molecular weight excluding hydrogens is 302 g/mol. The number of carbonyl (C=O) groups is 2. The molecule has 2 rings (SSSR count). The van der Waals surface area contributed by atoms with Crippen molar-refractivity contribution in [1.82, 2.24) is 0 Å². The first-order valence-electron chi connectivity index (χ1n) is 5.73. The molecule has 0 aliphatic heterocycles. The van der Waals surface area contributed by atoms with Gasteiger partial charge in [-0.3, -0.25) is 5.32 Å². The highest BCUT2D eigenvalue weighted by atomic mass is 32.1. The number of aromatic carboxylic acids is 1. The first-order chi connectivity index (χ1) is 9.86. The van der Waals surface area contributed by atoms with Gasteiger partial charge in [0, 0.05) is 10.9 Å². The van der Waals surface area contributed by atoms with Gasteiger partial charge < -0.3 is 10.4 Å². The lowest BCUT2D eigenvalue weighted by Gasteiger charge is -2.07. The molecule has 2 aromatic rings. The maximum absolute atomic E-state index is 13.4. The molecule has 0 fully saturated rings. The number of carbonyl (C=O) groups excluding carboxylic acids is 1. The van der Waals surface area contributed by atoms with Crippen molar-refractivity contribution in [2.24, 2.45) is 0 Å². The van der Waals surface area contributed by atoms with Crippen molar-refractivity contribution in [3.05, 3.63) is 46.3 Å². The Morgan fingerprint density at radius 1 is 1.19 bits per heavy atom. The first-order valence-corrected chi connectivity index (χ1v) is 6.55. The van der Waals surface area contributed by atoms with Gasteiger partial charge in [0.25, 0.3) is 0 Å². The fourth-order valence-corrected chi connectivity index (χ4v) is 2.51. The Labute approximate surface area is 122 Å². The molecule has 0 atom stereocenters. The predicted molar refractivity (Wildman–Crippen MR) is 75.0 cm³/mol. The highest BCUT2D eigenvalue weighted by Gasteiger charge is 2.16. The predicted octanol–water partition coefficient (Wildman–Crippen LogP) is 3.68. The molecule has 0 aliphatic carbocycles. The van der Waals surface area contributed by atoms with Crippen LogP contribution in [0.2, 0.25) is 0 Å².